The molecule has 0 amide bonds. The van der Waals surface area contributed by atoms with Crippen molar-refractivity contribution in [2.24, 2.45) is 0 Å². The van der Waals surface area contributed by atoms with E-state index in [1.807, 2.05) is 0 Å². The summed E-state index contributed by atoms with van der Waals surface area (Å²) in [6, 6.07) is 9.16. The quantitative estimate of drug-likeness (QED) is 0.772. The van der Waals surface area contributed by atoms with Gasteiger partial charge in [-0.25, -0.2) is 0 Å². The van der Waals surface area contributed by atoms with Crippen LogP contribution in [0.2, 0.25) is 0 Å². The lowest BCUT2D eigenvalue weighted by atomic mass is 9.96. The molecule has 1 heterocycles. The van der Waals surface area contributed by atoms with E-state index < -0.39 is 0 Å². The van der Waals surface area contributed by atoms with Crippen LogP contribution in [0.1, 0.15) is 36.1 Å². The van der Waals surface area contributed by atoms with Gasteiger partial charge in [-0.1, -0.05) is 28.9 Å². The van der Waals surface area contributed by atoms with Crippen LogP contribution >= 0.6 is 27.3 Å². The van der Waals surface area contributed by atoms with Gasteiger partial charge in [0.25, 0.3) is 0 Å². The highest BCUT2D eigenvalue weighted by Crippen LogP contribution is 2.26. The van der Waals surface area contributed by atoms with E-state index in [1.165, 1.54) is 16.7 Å². The van der Waals surface area contributed by atoms with Crippen molar-refractivity contribution in [3.8, 4) is 0 Å². The van der Waals surface area contributed by atoms with Gasteiger partial charge in [-0.3, -0.25) is 0 Å². The van der Waals surface area contributed by atoms with Gasteiger partial charge in [0.1, 0.15) is 0 Å². The smallest absolute Gasteiger partial charge is 0.0364 e. The van der Waals surface area contributed by atoms with Crippen molar-refractivity contribution in [3.63, 3.8) is 0 Å². The summed E-state index contributed by atoms with van der Waals surface area (Å²) in [7, 11) is 0. The molecule has 1 N–H and O–H groups in total. The van der Waals surface area contributed by atoms with Crippen molar-refractivity contribution < 1.29 is 0 Å². The van der Waals surface area contributed by atoms with E-state index in [9.17, 15) is 0 Å². The zero-order valence-electron chi connectivity index (χ0n) is 11.4. The van der Waals surface area contributed by atoms with Crippen molar-refractivity contribution in [1.82, 2.24) is 5.32 Å². The lowest BCUT2D eigenvalue weighted by molar-refractivity contribution is 0.527. The largest absolute Gasteiger partial charge is 0.310 e. The molecule has 1 unspecified atom stereocenters. The average Bonchev–Trinajstić information content (AvgIpc) is 2.90. The minimum Gasteiger partial charge on any atom is -0.310 e. The fourth-order valence-corrected chi connectivity index (χ4v) is 3.30. The van der Waals surface area contributed by atoms with Crippen molar-refractivity contribution >= 4 is 27.3 Å². The molecule has 0 aliphatic heterocycles. The Morgan fingerprint density at radius 3 is 2.84 bits per heavy atom. The van der Waals surface area contributed by atoms with Gasteiger partial charge in [-0.15, -0.1) is 0 Å². The molecule has 1 atom stereocenters. The molecule has 0 saturated heterocycles. The maximum Gasteiger partial charge on any atom is 0.0364 e. The molecule has 0 fully saturated rings. The maximum absolute atomic E-state index is 3.68. The summed E-state index contributed by atoms with van der Waals surface area (Å²) in [5, 5.41) is 8.07. The van der Waals surface area contributed by atoms with E-state index in [1.54, 1.807) is 11.3 Å². The predicted molar refractivity (Wildman–Crippen MR) is 87.9 cm³/mol. The molecule has 0 bridgehead atoms. The van der Waals surface area contributed by atoms with Crippen LogP contribution in [0.15, 0.2) is 39.5 Å². The van der Waals surface area contributed by atoms with Gasteiger partial charge >= 0.3 is 0 Å². The molecule has 1 aromatic carbocycles. The fourth-order valence-electron chi connectivity index (χ4n) is 2.24. The molecule has 0 aliphatic rings. The number of halogens is 1. The number of rotatable bonds is 6. The van der Waals surface area contributed by atoms with Crippen molar-refractivity contribution in [2.45, 2.75) is 32.7 Å². The second-order valence-corrected chi connectivity index (χ2v) is 6.54. The first kappa shape index (κ1) is 14.8. The molecule has 2 aromatic rings. The standard InChI is InChI=1S/C16H20BrNS/c1-3-7-18-16(9-13-6-8-19-11-13)15-10-14(17)5-4-12(15)2/h4-6,8,10-11,16,18H,3,7,9H2,1-2H3. The van der Waals surface area contributed by atoms with Crippen LogP contribution in [0.3, 0.4) is 0 Å². The van der Waals surface area contributed by atoms with Crippen LogP contribution < -0.4 is 5.32 Å². The number of hydrogen-bond acceptors (Lipinski definition) is 2. The minimum absolute atomic E-state index is 0.395. The molecule has 2 rings (SSSR count). The summed E-state index contributed by atoms with van der Waals surface area (Å²) in [5.74, 6) is 0. The van der Waals surface area contributed by atoms with Gasteiger partial charge in [-0.2, -0.15) is 11.3 Å². The monoisotopic (exact) mass is 337 g/mol. The van der Waals surface area contributed by atoms with Crippen LogP contribution in [0.4, 0.5) is 0 Å². The Bertz CT molecular complexity index is 507. The SMILES string of the molecule is CCCNC(Cc1ccsc1)c1cc(Br)ccc1C. The first-order chi connectivity index (χ1) is 9.20. The molecule has 0 spiro atoms. The molecule has 1 nitrogen and oxygen atoms in total. The molecule has 0 aliphatic carbocycles. The molecular formula is C16H20BrNS. The summed E-state index contributed by atoms with van der Waals surface area (Å²) in [5.41, 5.74) is 4.17. The van der Waals surface area contributed by atoms with Crippen molar-refractivity contribution in [3.05, 3.63) is 56.2 Å². The van der Waals surface area contributed by atoms with Gasteiger partial charge in [0, 0.05) is 10.5 Å². The fraction of sp³-hybridized carbons (Fsp3) is 0.375. The van der Waals surface area contributed by atoms with Gasteiger partial charge in [0.05, 0.1) is 0 Å². The van der Waals surface area contributed by atoms with Crippen LogP contribution in [0, 0.1) is 6.92 Å². The van der Waals surface area contributed by atoms with E-state index in [0.29, 0.717) is 6.04 Å². The highest BCUT2D eigenvalue weighted by Gasteiger charge is 2.14. The van der Waals surface area contributed by atoms with E-state index >= 15 is 0 Å². The third-order valence-corrected chi connectivity index (χ3v) is 4.50. The Morgan fingerprint density at radius 1 is 1.32 bits per heavy atom. The lowest BCUT2D eigenvalue weighted by Crippen LogP contribution is -2.24. The molecule has 1 aromatic heterocycles. The Morgan fingerprint density at radius 2 is 2.16 bits per heavy atom. The van der Waals surface area contributed by atoms with E-state index in [2.05, 4.69) is 70.1 Å². The van der Waals surface area contributed by atoms with Crippen molar-refractivity contribution in [1.29, 1.82) is 0 Å². The maximum atomic E-state index is 3.68. The summed E-state index contributed by atoms with van der Waals surface area (Å²) in [6.45, 7) is 5.46. The van der Waals surface area contributed by atoms with Gasteiger partial charge in [0.15, 0.2) is 0 Å². The van der Waals surface area contributed by atoms with E-state index in [4.69, 9.17) is 0 Å². The molecule has 0 saturated carbocycles. The summed E-state index contributed by atoms with van der Waals surface area (Å²) >= 11 is 5.36. The summed E-state index contributed by atoms with van der Waals surface area (Å²) in [4.78, 5) is 0. The number of aryl methyl sites for hydroxylation is 1. The summed E-state index contributed by atoms with van der Waals surface area (Å²) in [6.07, 6.45) is 2.22. The lowest BCUT2D eigenvalue weighted by Gasteiger charge is -2.21. The zero-order valence-corrected chi connectivity index (χ0v) is 13.9. The topological polar surface area (TPSA) is 12.0 Å². The second kappa shape index (κ2) is 7.22. The molecule has 19 heavy (non-hydrogen) atoms. The Kier molecular flexibility index (Phi) is 5.61. The van der Waals surface area contributed by atoms with Crippen molar-refractivity contribution in [2.75, 3.05) is 6.54 Å². The number of benzene rings is 1. The highest BCUT2D eigenvalue weighted by atomic mass is 79.9. The summed E-state index contributed by atoms with van der Waals surface area (Å²) < 4.78 is 1.15. The second-order valence-electron chi connectivity index (χ2n) is 4.84. The first-order valence-electron chi connectivity index (χ1n) is 6.71. The Balaban J connectivity index is 2.23. The van der Waals surface area contributed by atoms with Gasteiger partial charge in [0.2, 0.25) is 0 Å². The zero-order chi connectivity index (χ0) is 13.7. The van der Waals surface area contributed by atoms with E-state index in [-0.39, 0.29) is 0 Å². The number of hydrogen-bond donors (Lipinski definition) is 1. The highest BCUT2D eigenvalue weighted by molar-refractivity contribution is 9.10. The normalized spacial score (nSPS) is 12.6. The number of nitrogens with one attached hydrogen (secondary N) is 1. The molecule has 102 valence electrons. The minimum atomic E-state index is 0.395. The van der Waals surface area contributed by atoms with Crippen LogP contribution in [0.5, 0.6) is 0 Å². The molecule has 0 radical (unpaired) electrons. The van der Waals surface area contributed by atoms with Gasteiger partial charge in [-0.05, 0) is 72.0 Å². The van der Waals surface area contributed by atoms with E-state index in [0.717, 1.165) is 23.9 Å². The molecular weight excluding hydrogens is 318 g/mol. The third-order valence-electron chi connectivity index (χ3n) is 3.28. The number of thiophene rings is 1. The van der Waals surface area contributed by atoms with Crippen LogP contribution in [-0.2, 0) is 6.42 Å². The van der Waals surface area contributed by atoms with Crippen LogP contribution in [-0.4, -0.2) is 6.54 Å². The van der Waals surface area contributed by atoms with Gasteiger partial charge < -0.3 is 5.32 Å². The Hall–Kier alpha value is -0.640. The third kappa shape index (κ3) is 4.16. The Labute approximate surface area is 128 Å². The van der Waals surface area contributed by atoms with Crippen LogP contribution in [0.25, 0.3) is 0 Å². The molecule has 3 heteroatoms. The predicted octanol–water partition coefficient (Wildman–Crippen LogP) is 5.10. The first-order valence-corrected chi connectivity index (χ1v) is 8.44. The average molecular weight is 338 g/mol.